The van der Waals surface area contributed by atoms with E-state index in [1.807, 2.05) is 36.4 Å². The van der Waals surface area contributed by atoms with Crippen molar-refractivity contribution < 1.29 is 23.9 Å². The van der Waals surface area contributed by atoms with Gasteiger partial charge in [0.15, 0.2) is 5.78 Å². The number of rotatable bonds is 8. The van der Waals surface area contributed by atoms with Gasteiger partial charge in [0.25, 0.3) is 0 Å². The van der Waals surface area contributed by atoms with E-state index < -0.39 is 5.97 Å². The predicted octanol–water partition coefficient (Wildman–Crippen LogP) is 3.75. The zero-order valence-electron chi connectivity index (χ0n) is 25.5. The van der Waals surface area contributed by atoms with Gasteiger partial charge in [-0.15, -0.1) is 0 Å². The predicted molar refractivity (Wildman–Crippen MR) is 171 cm³/mol. The summed E-state index contributed by atoms with van der Waals surface area (Å²) in [5.74, 6) is -0.729. The van der Waals surface area contributed by atoms with Gasteiger partial charge in [-0.1, -0.05) is 18.2 Å². The molecule has 228 valence electrons. The highest BCUT2D eigenvalue weighted by Gasteiger charge is 2.30. The highest BCUT2D eigenvalue weighted by Crippen LogP contribution is 2.37. The molecule has 1 aliphatic heterocycles. The van der Waals surface area contributed by atoms with Crippen molar-refractivity contribution in [2.45, 2.75) is 13.3 Å². The van der Waals surface area contributed by atoms with E-state index in [1.165, 1.54) is 14.0 Å². The molecule has 2 N–H and O–H groups in total. The Morgan fingerprint density at radius 2 is 1.48 bits per heavy atom. The first-order valence-corrected chi connectivity index (χ1v) is 14.5. The molecule has 0 saturated carbocycles. The van der Waals surface area contributed by atoms with Gasteiger partial charge in [-0.3, -0.25) is 19.3 Å². The number of nitrogens with one attached hydrogen (secondary N) is 2. The van der Waals surface area contributed by atoms with Crippen LogP contribution in [0.25, 0.3) is 11.3 Å². The second-order valence-electron chi connectivity index (χ2n) is 11.2. The summed E-state index contributed by atoms with van der Waals surface area (Å²) >= 11 is 0. The molecule has 3 aromatic rings. The fourth-order valence-electron chi connectivity index (χ4n) is 5.46. The monoisotopic (exact) mass is 595 g/mol. The van der Waals surface area contributed by atoms with Crippen LogP contribution in [-0.4, -0.2) is 87.3 Å². The number of ketones is 1. The molecule has 2 aliphatic rings. The lowest BCUT2D eigenvalue weighted by atomic mass is 9.98. The van der Waals surface area contributed by atoms with E-state index in [0.717, 1.165) is 43.0 Å². The van der Waals surface area contributed by atoms with Gasteiger partial charge >= 0.3 is 5.97 Å². The quantitative estimate of drug-likeness (QED) is 0.299. The summed E-state index contributed by atoms with van der Waals surface area (Å²) < 4.78 is 4.92. The normalized spacial score (nSPS) is 16.2. The standard InChI is InChI=1S/C34H37N5O5/c1-22(40)35-26-9-7-23(8-10-26)33(32-29-19-25(34(43)44-4)6-5-24(29)20-30(32)41)36-27-11-13-28(14-12-27)38(3)31(42)21-39-17-15-37(2)16-18-39/h5-14,19,36H,15-18,20-21H2,1-4H3,(H,35,40)/b33-32-. The summed E-state index contributed by atoms with van der Waals surface area (Å²) in [4.78, 5) is 56.4. The number of benzene rings is 3. The van der Waals surface area contributed by atoms with Crippen LogP contribution in [0.5, 0.6) is 0 Å². The largest absolute Gasteiger partial charge is 0.465 e. The molecule has 44 heavy (non-hydrogen) atoms. The number of methoxy groups -OCH3 is 1. The van der Waals surface area contributed by atoms with Crippen LogP contribution in [0, 0.1) is 0 Å². The van der Waals surface area contributed by atoms with Gasteiger partial charge in [0.2, 0.25) is 11.8 Å². The molecular weight excluding hydrogens is 558 g/mol. The average Bonchev–Trinajstić information content (AvgIpc) is 3.35. The van der Waals surface area contributed by atoms with Crippen molar-refractivity contribution in [3.8, 4) is 0 Å². The number of likely N-dealkylation sites (N-methyl/N-ethyl adjacent to an activating group) is 2. The van der Waals surface area contributed by atoms with Crippen LogP contribution in [0.2, 0.25) is 0 Å². The Morgan fingerprint density at radius 1 is 0.864 bits per heavy atom. The number of amides is 2. The number of carbonyl (C=O) groups excluding carboxylic acids is 4. The highest BCUT2D eigenvalue weighted by atomic mass is 16.5. The number of esters is 1. The van der Waals surface area contributed by atoms with E-state index in [1.54, 1.807) is 42.3 Å². The summed E-state index contributed by atoms with van der Waals surface area (Å²) in [6.45, 7) is 5.43. The highest BCUT2D eigenvalue weighted by molar-refractivity contribution is 6.32. The zero-order valence-corrected chi connectivity index (χ0v) is 25.5. The lowest BCUT2D eigenvalue weighted by molar-refractivity contribution is -0.120. The molecule has 1 heterocycles. The maximum atomic E-state index is 13.5. The minimum Gasteiger partial charge on any atom is -0.465 e. The molecule has 10 heteroatoms. The van der Waals surface area contributed by atoms with Crippen molar-refractivity contribution in [3.05, 3.63) is 89.0 Å². The first-order chi connectivity index (χ1) is 21.1. The number of nitrogens with zero attached hydrogens (tertiary/aromatic N) is 3. The smallest absolute Gasteiger partial charge is 0.337 e. The summed E-state index contributed by atoms with van der Waals surface area (Å²) in [6, 6.07) is 19.8. The van der Waals surface area contributed by atoms with Gasteiger partial charge in [0.1, 0.15) is 0 Å². The summed E-state index contributed by atoms with van der Waals surface area (Å²) in [5, 5.41) is 6.20. The van der Waals surface area contributed by atoms with Crippen molar-refractivity contribution in [1.29, 1.82) is 0 Å². The first kappa shape index (κ1) is 30.7. The van der Waals surface area contributed by atoms with Crippen LogP contribution >= 0.6 is 0 Å². The Kier molecular flexibility index (Phi) is 9.22. The van der Waals surface area contributed by atoms with Gasteiger partial charge in [0.05, 0.1) is 24.9 Å². The Labute approximate surface area is 257 Å². The van der Waals surface area contributed by atoms with E-state index >= 15 is 0 Å². The van der Waals surface area contributed by atoms with Crippen LogP contribution in [0.4, 0.5) is 17.1 Å². The van der Waals surface area contributed by atoms with Crippen LogP contribution in [0.1, 0.15) is 34.0 Å². The van der Waals surface area contributed by atoms with Crippen LogP contribution < -0.4 is 15.5 Å². The lowest BCUT2D eigenvalue weighted by Crippen LogP contribution is -2.48. The lowest BCUT2D eigenvalue weighted by Gasteiger charge is -2.32. The number of carbonyl (C=O) groups is 4. The molecule has 10 nitrogen and oxygen atoms in total. The van der Waals surface area contributed by atoms with Crippen molar-refractivity contribution in [1.82, 2.24) is 9.80 Å². The van der Waals surface area contributed by atoms with Crippen molar-refractivity contribution in [3.63, 3.8) is 0 Å². The second-order valence-corrected chi connectivity index (χ2v) is 11.2. The molecule has 1 fully saturated rings. The number of fused-ring (bicyclic) bond motifs is 1. The van der Waals surface area contributed by atoms with Gasteiger partial charge in [-0.05, 0) is 72.3 Å². The first-order valence-electron chi connectivity index (χ1n) is 14.5. The number of hydrogen-bond donors (Lipinski definition) is 2. The topological polar surface area (TPSA) is 111 Å². The third-order valence-corrected chi connectivity index (χ3v) is 8.03. The summed E-state index contributed by atoms with van der Waals surface area (Å²) in [5.41, 5.74) is 5.69. The Balaban J connectivity index is 1.45. The fraction of sp³-hybridized carbons (Fsp3) is 0.294. The molecule has 3 aromatic carbocycles. The molecule has 0 bridgehead atoms. The Bertz CT molecular complexity index is 1610. The maximum Gasteiger partial charge on any atom is 0.337 e. The number of piperazine rings is 1. The fourth-order valence-corrected chi connectivity index (χ4v) is 5.46. The van der Waals surface area contributed by atoms with Crippen molar-refractivity contribution >= 4 is 51.9 Å². The van der Waals surface area contributed by atoms with E-state index in [2.05, 4.69) is 27.5 Å². The van der Waals surface area contributed by atoms with Crippen LogP contribution in [-0.2, 0) is 25.5 Å². The molecule has 2 amide bonds. The number of anilines is 3. The molecule has 0 atom stereocenters. The average molecular weight is 596 g/mol. The van der Waals surface area contributed by atoms with E-state index in [0.29, 0.717) is 40.3 Å². The molecular formula is C34H37N5O5. The van der Waals surface area contributed by atoms with Gasteiger partial charge in [0, 0.05) is 69.2 Å². The third-order valence-electron chi connectivity index (χ3n) is 8.03. The number of Topliss-reactive ketones (excluding diaryl/α,β-unsaturated/α-hetero) is 1. The van der Waals surface area contributed by atoms with Gasteiger partial charge in [-0.25, -0.2) is 4.79 Å². The number of hydrogen-bond acceptors (Lipinski definition) is 8. The van der Waals surface area contributed by atoms with E-state index in [4.69, 9.17) is 4.74 Å². The molecule has 5 rings (SSSR count). The molecule has 1 aliphatic carbocycles. The van der Waals surface area contributed by atoms with Gasteiger partial charge in [-0.2, -0.15) is 0 Å². The molecule has 0 spiro atoms. The van der Waals surface area contributed by atoms with E-state index in [9.17, 15) is 19.2 Å². The third kappa shape index (κ3) is 6.88. The minimum atomic E-state index is -0.484. The van der Waals surface area contributed by atoms with E-state index in [-0.39, 0.29) is 24.0 Å². The molecule has 0 radical (unpaired) electrons. The maximum absolute atomic E-state index is 13.5. The summed E-state index contributed by atoms with van der Waals surface area (Å²) in [6.07, 6.45) is 0.209. The number of allylic oxidation sites excluding steroid dienone is 1. The zero-order chi connectivity index (χ0) is 31.4. The Hall–Kier alpha value is -4.80. The van der Waals surface area contributed by atoms with Crippen LogP contribution in [0.15, 0.2) is 66.7 Å². The van der Waals surface area contributed by atoms with Crippen molar-refractivity contribution in [2.75, 3.05) is 69.5 Å². The number of ether oxygens (including phenoxy) is 1. The molecule has 0 aromatic heterocycles. The summed E-state index contributed by atoms with van der Waals surface area (Å²) in [7, 11) is 5.18. The van der Waals surface area contributed by atoms with Crippen LogP contribution in [0.3, 0.4) is 0 Å². The minimum absolute atomic E-state index is 0.0203. The molecule has 1 saturated heterocycles. The molecule has 0 unspecified atom stereocenters. The van der Waals surface area contributed by atoms with Gasteiger partial charge < -0.3 is 25.2 Å². The SMILES string of the molecule is COC(=O)c1ccc2c(c1)/C(=C(/Nc1ccc(N(C)C(=O)CN3CCN(C)CC3)cc1)c1ccc(NC(C)=O)cc1)C(=O)C2. The van der Waals surface area contributed by atoms with Crippen molar-refractivity contribution in [2.24, 2.45) is 0 Å². The Morgan fingerprint density at radius 3 is 2.11 bits per heavy atom. The second kappa shape index (κ2) is 13.2.